The minimum atomic E-state index is -3.02. The Labute approximate surface area is 130 Å². The minimum Gasteiger partial charge on any atom is -0.353 e. The molecule has 1 saturated heterocycles. The molecule has 0 spiro atoms. The summed E-state index contributed by atoms with van der Waals surface area (Å²) in [7, 11) is -3.02. The highest BCUT2D eigenvalue weighted by Gasteiger charge is 2.41. The fourth-order valence-electron chi connectivity index (χ4n) is 3.05. The molecule has 1 aromatic heterocycles. The van der Waals surface area contributed by atoms with E-state index in [0.29, 0.717) is 13.1 Å². The molecule has 0 unspecified atom stereocenters. The average Bonchev–Trinajstić information content (AvgIpc) is 3.29. The van der Waals surface area contributed by atoms with Crippen LogP contribution in [0.5, 0.6) is 0 Å². The number of sulfonamides is 1. The summed E-state index contributed by atoms with van der Waals surface area (Å²) in [4.78, 5) is 7.77. The molecular weight excluding hydrogens is 300 g/mol. The van der Waals surface area contributed by atoms with E-state index in [-0.39, 0.29) is 11.3 Å². The second-order valence-corrected chi connectivity index (χ2v) is 8.38. The van der Waals surface area contributed by atoms with Crippen LogP contribution in [-0.4, -0.2) is 47.1 Å². The van der Waals surface area contributed by atoms with E-state index < -0.39 is 10.0 Å². The van der Waals surface area contributed by atoms with Gasteiger partial charge in [0.1, 0.15) is 0 Å². The summed E-state index contributed by atoms with van der Waals surface area (Å²) in [6.45, 7) is 1.22. The number of para-hydroxylation sites is 2. The lowest BCUT2D eigenvalue weighted by Gasteiger charge is -2.31. The summed E-state index contributed by atoms with van der Waals surface area (Å²) in [6, 6.07) is 8.19. The van der Waals surface area contributed by atoms with Crippen LogP contribution in [0.2, 0.25) is 0 Å². The molecular formula is C15H20N4O2S. The first kappa shape index (κ1) is 14.0. The molecule has 0 atom stereocenters. The highest BCUT2D eigenvalue weighted by molar-refractivity contribution is 7.90. The SMILES string of the molecule is O=S(=O)(C1CC1)N1CCC(Nc2nc3ccccc3[nH]2)CC1. The molecule has 1 aliphatic carbocycles. The van der Waals surface area contributed by atoms with Crippen molar-refractivity contribution in [2.45, 2.75) is 37.0 Å². The van der Waals surface area contributed by atoms with E-state index in [4.69, 9.17) is 0 Å². The molecule has 0 radical (unpaired) electrons. The number of hydrogen-bond donors (Lipinski definition) is 2. The van der Waals surface area contributed by atoms with E-state index in [1.807, 2.05) is 24.3 Å². The van der Waals surface area contributed by atoms with Gasteiger partial charge in [-0.15, -0.1) is 0 Å². The Morgan fingerprint density at radius 1 is 1.14 bits per heavy atom. The van der Waals surface area contributed by atoms with Gasteiger partial charge in [0, 0.05) is 19.1 Å². The normalized spacial score (nSPS) is 21.3. The highest BCUT2D eigenvalue weighted by atomic mass is 32.2. The molecule has 1 saturated carbocycles. The number of hydrogen-bond acceptors (Lipinski definition) is 4. The van der Waals surface area contributed by atoms with Crippen molar-refractivity contribution in [2.24, 2.45) is 0 Å². The van der Waals surface area contributed by atoms with Gasteiger partial charge in [-0.3, -0.25) is 0 Å². The average molecular weight is 320 g/mol. The van der Waals surface area contributed by atoms with Crippen LogP contribution in [0.3, 0.4) is 0 Å². The third-order valence-corrected chi connectivity index (χ3v) is 6.89. The highest BCUT2D eigenvalue weighted by Crippen LogP contribution is 2.32. The Morgan fingerprint density at radius 3 is 2.55 bits per heavy atom. The Bertz CT molecular complexity index is 741. The Kier molecular flexibility index (Phi) is 3.34. The third kappa shape index (κ3) is 2.59. The molecule has 0 bridgehead atoms. The number of aromatic nitrogens is 2. The summed E-state index contributed by atoms with van der Waals surface area (Å²) in [6.07, 6.45) is 3.31. The van der Waals surface area contributed by atoms with Crippen LogP contribution in [0.4, 0.5) is 5.95 Å². The van der Waals surface area contributed by atoms with Crippen LogP contribution < -0.4 is 5.32 Å². The van der Waals surface area contributed by atoms with Crippen LogP contribution in [0, 0.1) is 0 Å². The summed E-state index contributed by atoms with van der Waals surface area (Å²) >= 11 is 0. The van der Waals surface area contributed by atoms with Gasteiger partial charge in [0.2, 0.25) is 16.0 Å². The van der Waals surface area contributed by atoms with Crippen LogP contribution in [-0.2, 0) is 10.0 Å². The molecule has 1 aromatic carbocycles. The van der Waals surface area contributed by atoms with Crippen molar-refractivity contribution in [3.63, 3.8) is 0 Å². The van der Waals surface area contributed by atoms with E-state index in [0.717, 1.165) is 42.7 Å². The van der Waals surface area contributed by atoms with Gasteiger partial charge in [-0.1, -0.05) is 12.1 Å². The van der Waals surface area contributed by atoms with Crippen molar-refractivity contribution < 1.29 is 8.42 Å². The van der Waals surface area contributed by atoms with Crippen LogP contribution >= 0.6 is 0 Å². The van der Waals surface area contributed by atoms with Crippen molar-refractivity contribution in [1.82, 2.24) is 14.3 Å². The van der Waals surface area contributed by atoms with Crippen molar-refractivity contribution in [3.8, 4) is 0 Å². The molecule has 118 valence electrons. The molecule has 1 aliphatic heterocycles. The summed E-state index contributed by atoms with van der Waals surface area (Å²) in [5.41, 5.74) is 1.96. The summed E-state index contributed by atoms with van der Waals surface area (Å²) in [5, 5.41) is 3.29. The van der Waals surface area contributed by atoms with Gasteiger partial charge in [0.15, 0.2) is 0 Å². The molecule has 22 heavy (non-hydrogen) atoms. The zero-order valence-corrected chi connectivity index (χ0v) is 13.1. The van der Waals surface area contributed by atoms with Crippen LogP contribution in [0.25, 0.3) is 11.0 Å². The Hall–Kier alpha value is -1.60. The molecule has 2 fully saturated rings. The number of fused-ring (bicyclic) bond motifs is 1. The topological polar surface area (TPSA) is 78.1 Å². The van der Waals surface area contributed by atoms with E-state index in [1.54, 1.807) is 4.31 Å². The molecule has 7 heteroatoms. The third-order valence-electron chi connectivity index (χ3n) is 4.49. The zero-order valence-electron chi connectivity index (χ0n) is 12.3. The number of nitrogens with zero attached hydrogens (tertiary/aromatic N) is 2. The Morgan fingerprint density at radius 2 is 1.86 bits per heavy atom. The second-order valence-electron chi connectivity index (χ2n) is 6.16. The lowest BCUT2D eigenvalue weighted by Crippen LogP contribution is -2.43. The van der Waals surface area contributed by atoms with Gasteiger partial charge in [-0.2, -0.15) is 0 Å². The molecule has 0 amide bonds. The predicted molar refractivity (Wildman–Crippen MR) is 86.3 cm³/mol. The van der Waals surface area contributed by atoms with Gasteiger partial charge in [0.25, 0.3) is 0 Å². The van der Waals surface area contributed by atoms with E-state index >= 15 is 0 Å². The maximum Gasteiger partial charge on any atom is 0.216 e. The van der Waals surface area contributed by atoms with Crippen molar-refractivity contribution >= 4 is 27.0 Å². The number of benzene rings is 1. The standard InChI is InChI=1S/C15H20N4O2S/c20-22(21,12-5-6-12)19-9-7-11(8-10-19)16-15-17-13-3-1-2-4-14(13)18-15/h1-4,11-12H,5-10H2,(H2,16,17,18). The lowest BCUT2D eigenvalue weighted by molar-refractivity contribution is 0.329. The summed E-state index contributed by atoms with van der Waals surface area (Å²) in [5.74, 6) is 0.768. The number of rotatable bonds is 4. The van der Waals surface area contributed by atoms with Crippen LogP contribution in [0.15, 0.2) is 24.3 Å². The van der Waals surface area contributed by atoms with Gasteiger partial charge in [0.05, 0.1) is 16.3 Å². The van der Waals surface area contributed by atoms with Crippen molar-refractivity contribution in [2.75, 3.05) is 18.4 Å². The number of aromatic amines is 1. The van der Waals surface area contributed by atoms with Gasteiger partial charge < -0.3 is 10.3 Å². The number of nitrogens with one attached hydrogen (secondary N) is 2. The maximum absolute atomic E-state index is 12.2. The smallest absolute Gasteiger partial charge is 0.216 e. The Balaban J connectivity index is 1.39. The van der Waals surface area contributed by atoms with Gasteiger partial charge in [-0.05, 0) is 37.8 Å². The lowest BCUT2D eigenvalue weighted by atomic mass is 10.1. The molecule has 2 aromatic rings. The quantitative estimate of drug-likeness (QED) is 0.902. The molecule has 4 rings (SSSR count). The van der Waals surface area contributed by atoms with E-state index in [1.165, 1.54) is 0 Å². The molecule has 6 nitrogen and oxygen atoms in total. The van der Waals surface area contributed by atoms with Crippen LogP contribution in [0.1, 0.15) is 25.7 Å². The van der Waals surface area contributed by atoms with E-state index in [2.05, 4.69) is 15.3 Å². The molecule has 2 N–H and O–H groups in total. The monoisotopic (exact) mass is 320 g/mol. The van der Waals surface area contributed by atoms with Gasteiger partial charge in [-0.25, -0.2) is 17.7 Å². The van der Waals surface area contributed by atoms with Crippen molar-refractivity contribution in [3.05, 3.63) is 24.3 Å². The first-order valence-corrected chi connectivity index (χ1v) is 9.33. The number of piperidine rings is 1. The first-order chi connectivity index (χ1) is 10.6. The van der Waals surface area contributed by atoms with E-state index in [9.17, 15) is 8.42 Å². The number of imidazole rings is 1. The second kappa shape index (κ2) is 5.24. The van der Waals surface area contributed by atoms with Crippen molar-refractivity contribution in [1.29, 1.82) is 0 Å². The largest absolute Gasteiger partial charge is 0.353 e. The fourth-order valence-corrected chi connectivity index (χ4v) is 4.92. The summed E-state index contributed by atoms with van der Waals surface area (Å²) < 4.78 is 26.1. The molecule has 2 aliphatic rings. The van der Waals surface area contributed by atoms with Gasteiger partial charge >= 0.3 is 0 Å². The maximum atomic E-state index is 12.2. The fraction of sp³-hybridized carbons (Fsp3) is 0.533. The number of anilines is 1. The first-order valence-electron chi connectivity index (χ1n) is 7.83. The zero-order chi connectivity index (χ0) is 15.2. The molecule has 2 heterocycles. The predicted octanol–water partition coefficient (Wildman–Crippen LogP) is 1.93. The minimum absolute atomic E-state index is 0.104. The number of H-pyrrole nitrogens is 1.